The summed E-state index contributed by atoms with van der Waals surface area (Å²) in [7, 11) is 1.53. The van der Waals surface area contributed by atoms with Crippen molar-refractivity contribution in [3.8, 4) is 11.5 Å². The summed E-state index contributed by atoms with van der Waals surface area (Å²) in [6.07, 6.45) is 0.788. The average molecular weight is 467 g/mol. The Morgan fingerprint density at radius 3 is 2.35 bits per heavy atom. The molecule has 0 aliphatic heterocycles. The van der Waals surface area contributed by atoms with Gasteiger partial charge in [-0.15, -0.1) is 0 Å². The smallest absolute Gasteiger partial charge is 0.261 e. The van der Waals surface area contributed by atoms with Crippen LogP contribution in [0.2, 0.25) is 10.0 Å². The van der Waals surface area contributed by atoms with Crippen molar-refractivity contribution in [1.82, 2.24) is 10.2 Å². The lowest BCUT2D eigenvalue weighted by atomic mass is 10.1. The van der Waals surface area contributed by atoms with Gasteiger partial charge in [0.1, 0.15) is 6.04 Å². The van der Waals surface area contributed by atoms with Crippen molar-refractivity contribution in [3.05, 3.63) is 58.1 Å². The molecule has 2 rings (SSSR count). The van der Waals surface area contributed by atoms with E-state index in [0.717, 1.165) is 12.0 Å². The van der Waals surface area contributed by atoms with Gasteiger partial charge < -0.3 is 19.7 Å². The van der Waals surface area contributed by atoms with Gasteiger partial charge in [0.25, 0.3) is 5.91 Å². The average Bonchev–Trinajstić information content (AvgIpc) is 2.77. The van der Waals surface area contributed by atoms with Crippen molar-refractivity contribution >= 4 is 35.0 Å². The Labute approximate surface area is 193 Å². The molecule has 0 aliphatic rings. The van der Waals surface area contributed by atoms with Gasteiger partial charge in [-0.25, -0.2) is 0 Å². The predicted octanol–water partition coefficient (Wildman–Crippen LogP) is 4.71. The number of nitrogens with zero attached hydrogens (tertiary/aromatic N) is 1. The molecule has 2 atom stereocenters. The van der Waals surface area contributed by atoms with Crippen LogP contribution in [0, 0.1) is 0 Å². The monoisotopic (exact) mass is 466 g/mol. The van der Waals surface area contributed by atoms with Crippen molar-refractivity contribution in [2.75, 3.05) is 13.7 Å². The third-order valence-corrected chi connectivity index (χ3v) is 5.66. The SMILES string of the molecule is CC[C@H](C)NC(=O)[C@@H](C)N(Cc1ccc(Cl)c(Cl)c1)C(=O)COc1ccccc1OC. The molecule has 0 radical (unpaired) electrons. The van der Waals surface area contributed by atoms with Crippen LogP contribution in [-0.4, -0.2) is 42.5 Å². The van der Waals surface area contributed by atoms with E-state index in [2.05, 4.69) is 5.32 Å². The summed E-state index contributed by atoms with van der Waals surface area (Å²) in [6.45, 7) is 5.52. The largest absolute Gasteiger partial charge is 0.493 e. The van der Waals surface area contributed by atoms with Crippen molar-refractivity contribution in [3.63, 3.8) is 0 Å². The third kappa shape index (κ3) is 7.04. The molecule has 0 heterocycles. The number of carbonyl (C=O) groups excluding carboxylic acids is 2. The van der Waals surface area contributed by atoms with Gasteiger partial charge in [0.15, 0.2) is 18.1 Å². The number of benzene rings is 2. The van der Waals surface area contributed by atoms with E-state index in [4.69, 9.17) is 32.7 Å². The minimum Gasteiger partial charge on any atom is -0.493 e. The summed E-state index contributed by atoms with van der Waals surface area (Å²) in [5, 5.41) is 3.73. The van der Waals surface area contributed by atoms with Gasteiger partial charge in [0.05, 0.1) is 17.2 Å². The molecule has 0 saturated carbocycles. The van der Waals surface area contributed by atoms with Crippen LogP contribution in [0.4, 0.5) is 0 Å². The fraction of sp³-hybridized carbons (Fsp3) is 0.391. The lowest BCUT2D eigenvalue weighted by Crippen LogP contribution is -2.50. The Kier molecular flexibility index (Phi) is 9.46. The maximum absolute atomic E-state index is 13.1. The van der Waals surface area contributed by atoms with Crippen molar-refractivity contribution < 1.29 is 19.1 Å². The topological polar surface area (TPSA) is 67.9 Å². The fourth-order valence-electron chi connectivity index (χ4n) is 2.84. The molecule has 6 nitrogen and oxygen atoms in total. The van der Waals surface area contributed by atoms with Gasteiger partial charge in [-0.1, -0.05) is 48.3 Å². The fourth-order valence-corrected chi connectivity index (χ4v) is 3.16. The molecule has 0 spiro atoms. The number of methoxy groups -OCH3 is 1. The van der Waals surface area contributed by atoms with E-state index < -0.39 is 6.04 Å². The molecule has 0 aliphatic carbocycles. The number of rotatable bonds is 10. The normalized spacial score (nSPS) is 12.6. The first-order chi connectivity index (χ1) is 14.8. The second kappa shape index (κ2) is 11.8. The number of nitrogens with one attached hydrogen (secondary N) is 1. The molecular formula is C23H28Cl2N2O4. The third-order valence-electron chi connectivity index (χ3n) is 4.93. The number of halogens is 2. The minimum atomic E-state index is -0.711. The first-order valence-electron chi connectivity index (χ1n) is 10.1. The second-order valence-corrected chi connectivity index (χ2v) is 8.02. The van der Waals surface area contributed by atoms with E-state index in [1.807, 2.05) is 19.9 Å². The summed E-state index contributed by atoms with van der Waals surface area (Å²) >= 11 is 12.1. The number of ether oxygens (including phenoxy) is 2. The highest BCUT2D eigenvalue weighted by Gasteiger charge is 2.27. The van der Waals surface area contributed by atoms with Crippen LogP contribution < -0.4 is 14.8 Å². The van der Waals surface area contributed by atoms with E-state index in [1.54, 1.807) is 43.3 Å². The van der Waals surface area contributed by atoms with Gasteiger partial charge in [-0.05, 0) is 50.1 Å². The molecule has 0 fully saturated rings. The Bertz CT molecular complexity index is 907. The van der Waals surface area contributed by atoms with Crippen LogP contribution in [0.5, 0.6) is 11.5 Å². The molecule has 8 heteroatoms. The van der Waals surface area contributed by atoms with Crippen molar-refractivity contribution in [2.24, 2.45) is 0 Å². The number of hydrogen-bond donors (Lipinski definition) is 1. The maximum atomic E-state index is 13.1. The van der Waals surface area contributed by atoms with Crippen LogP contribution in [0.25, 0.3) is 0 Å². The van der Waals surface area contributed by atoms with E-state index in [-0.39, 0.29) is 31.0 Å². The predicted molar refractivity (Wildman–Crippen MR) is 123 cm³/mol. The van der Waals surface area contributed by atoms with Crippen LogP contribution in [0.15, 0.2) is 42.5 Å². The van der Waals surface area contributed by atoms with Crippen LogP contribution in [0.1, 0.15) is 32.8 Å². The van der Waals surface area contributed by atoms with E-state index in [0.29, 0.717) is 21.5 Å². The standard InChI is InChI=1S/C23H28Cl2N2O4/c1-5-15(2)26-23(29)16(3)27(13-17-10-11-18(24)19(25)12-17)22(28)14-31-21-9-7-6-8-20(21)30-4/h6-12,15-16H,5,13-14H2,1-4H3,(H,26,29)/t15-,16+/m0/s1. The molecule has 0 aromatic heterocycles. The molecule has 2 amide bonds. The molecule has 168 valence electrons. The number of hydrogen-bond acceptors (Lipinski definition) is 4. The molecule has 2 aromatic carbocycles. The van der Waals surface area contributed by atoms with Gasteiger partial charge in [0, 0.05) is 12.6 Å². The Morgan fingerprint density at radius 2 is 1.74 bits per heavy atom. The number of para-hydroxylation sites is 2. The molecule has 0 saturated heterocycles. The molecule has 1 N–H and O–H groups in total. The van der Waals surface area contributed by atoms with Crippen LogP contribution in [0.3, 0.4) is 0 Å². The summed E-state index contributed by atoms with van der Waals surface area (Å²) in [5.41, 5.74) is 0.753. The zero-order chi connectivity index (χ0) is 23.0. The second-order valence-electron chi connectivity index (χ2n) is 7.20. The van der Waals surface area contributed by atoms with E-state index >= 15 is 0 Å². The summed E-state index contributed by atoms with van der Waals surface area (Å²) in [4.78, 5) is 27.3. The highest BCUT2D eigenvalue weighted by molar-refractivity contribution is 6.42. The van der Waals surface area contributed by atoms with Crippen LogP contribution in [-0.2, 0) is 16.1 Å². The zero-order valence-electron chi connectivity index (χ0n) is 18.2. The first kappa shape index (κ1) is 24.8. The Balaban J connectivity index is 2.21. The Hall–Kier alpha value is -2.44. The summed E-state index contributed by atoms with van der Waals surface area (Å²) < 4.78 is 10.9. The molecule has 2 aromatic rings. The Morgan fingerprint density at radius 1 is 1.06 bits per heavy atom. The lowest BCUT2D eigenvalue weighted by molar-refractivity contribution is -0.142. The zero-order valence-corrected chi connectivity index (χ0v) is 19.7. The van der Waals surface area contributed by atoms with E-state index in [1.165, 1.54) is 12.0 Å². The highest BCUT2D eigenvalue weighted by atomic mass is 35.5. The van der Waals surface area contributed by atoms with Gasteiger partial charge in [0.2, 0.25) is 5.91 Å². The summed E-state index contributed by atoms with van der Waals surface area (Å²) in [6, 6.07) is 11.5. The quantitative estimate of drug-likeness (QED) is 0.550. The summed E-state index contributed by atoms with van der Waals surface area (Å²) in [5.74, 6) is 0.391. The molecular weight excluding hydrogens is 439 g/mol. The number of amides is 2. The lowest BCUT2D eigenvalue weighted by Gasteiger charge is -2.29. The van der Waals surface area contributed by atoms with Crippen molar-refractivity contribution in [1.29, 1.82) is 0 Å². The highest BCUT2D eigenvalue weighted by Crippen LogP contribution is 2.26. The molecule has 0 unspecified atom stereocenters. The molecule has 31 heavy (non-hydrogen) atoms. The van der Waals surface area contributed by atoms with Crippen molar-refractivity contribution in [2.45, 2.75) is 45.8 Å². The van der Waals surface area contributed by atoms with Gasteiger partial charge in [-0.2, -0.15) is 0 Å². The van der Waals surface area contributed by atoms with Crippen LogP contribution >= 0.6 is 23.2 Å². The molecule has 0 bridgehead atoms. The van der Waals surface area contributed by atoms with Gasteiger partial charge in [-0.3, -0.25) is 9.59 Å². The van der Waals surface area contributed by atoms with E-state index in [9.17, 15) is 9.59 Å². The maximum Gasteiger partial charge on any atom is 0.261 e. The first-order valence-corrected chi connectivity index (χ1v) is 10.8. The van der Waals surface area contributed by atoms with Gasteiger partial charge >= 0.3 is 0 Å². The number of carbonyl (C=O) groups is 2. The minimum absolute atomic E-state index is 0.00158.